The highest BCUT2D eigenvalue weighted by molar-refractivity contribution is 6.11. The molecule has 4 aromatic carbocycles. The first kappa shape index (κ1) is 27.8. The molecule has 7 heterocycles. The number of nitrogens with zero attached hydrogens (tertiary/aromatic N) is 4. The Kier molecular flexibility index (Phi) is 5.83. The number of pyridine rings is 4. The highest BCUT2D eigenvalue weighted by Gasteiger charge is 2.17. The van der Waals surface area contributed by atoms with Crippen molar-refractivity contribution in [3.8, 4) is 44.5 Å². The van der Waals surface area contributed by atoms with Crippen LogP contribution in [0.5, 0.6) is 0 Å². The zero-order valence-corrected chi connectivity index (χ0v) is 26.9. The van der Waals surface area contributed by atoms with Gasteiger partial charge >= 0.3 is 0 Å². The molecule has 0 bridgehead atoms. The quantitative estimate of drug-likeness (QED) is 0.186. The normalized spacial score (nSPS) is 11.9. The Morgan fingerprint density at radius 2 is 0.686 bits per heavy atom. The van der Waals surface area contributed by atoms with Gasteiger partial charge in [0.1, 0.15) is 33.4 Å². The van der Waals surface area contributed by atoms with Crippen molar-refractivity contribution in [3.63, 3.8) is 0 Å². The van der Waals surface area contributed by atoms with Crippen LogP contribution in [-0.2, 0) is 0 Å². The summed E-state index contributed by atoms with van der Waals surface area (Å²) in [5.74, 6) is 0. The molecule has 7 nitrogen and oxygen atoms in total. The van der Waals surface area contributed by atoms with Crippen LogP contribution in [-0.4, -0.2) is 19.9 Å². The maximum absolute atomic E-state index is 6.36. The molecule has 0 unspecified atom stereocenters. The topological polar surface area (TPSA) is 91.0 Å². The van der Waals surface area contributed by atoms with E-state index in [1.807, 2.05) is 60.9 Å². The number of furan rings is 3. The van der Waals surface area contributed by atoms with Crippen LogP contribution in [0.3, 0.4) is 0 Å². The minimum absolute atomic E-state index is 0.770. The van der Waals surface area contributed by atoms with Crippen LogP contribution < -0.4 is 0 Å². The van der Waals surface area contributed by atoms with E-state index in [-0.39, 0.29) is 0 Å². The van der Waals surface area contributed by atoms with E-state index in [0.717, 1.165) is 111 Å². The molecule has 7 heteroatoms. The van der Waals surface area contributed by atoms with Gasteiger partial charge in [0.25, 0.3) is 0 Å². The van der Waals surface area contributed by atoms with Crippen LogP contribution in [0.1, 0.15) is 0 Å². The molecule has 11 aromatic rings. The molecule has 0 amide bonds. The molecule has 0 aliphatic heterocycles. The van der Waals surface area contributed by atoms with Crippen LogP contribution in [0, 0.1) is 0 Å². The molecule has 0 saturated heterocycles. The third-order valence-electron chi connectivity index (χ3n) is 9.82. The maximum Gasteiger partial charge on any atom is 0.161 e. The molecule has 0 fully saturated rings. The van der Waals surface area contributed by atoms with E-state index in [2.05, 4.69) is 70.6 Å². The zero-order valence-electron chi connectivity index (χ0n) is 26.9. The second-order valence-electron chi connectivity index (χ2n) is 12.7. The average Bonchev–Trinajstić information content (AvgIpc) is 3.88. The Morgan fingerprint density at radius 3 is 1.10 bits per heavy atom. The molecule has 11 rings (SSSR count). The first-order valence-corrected chi connectivity index (χ1v) is 16.7. The third kappa shape index (κ3) is 4.31. The predicted octanol–water partition coefficient (Wildman–Crippen LogP) is 11.6. The summed E-state index contributed by atoms with van der Waals surface area (Å²) in [6, 6.07) is 37.2. The van der Waals surface area contributed by atoms with E-state index in [0.29, 0.717) is 0 Å². The lowest BCUT2D eigenvalue weighted by Crippen LogP contribution is -1.82. The van der Waals surface area contributed by atoms with Crippen molar-refractivity contribution in [2.24, 2.45) is 0 Å². The Balaban J connectivity index is 1.01. The number of aromatic nitrogens is 4. The summed E-state index contributed by atoms with van der Waals surface area (Å²) >= 11 is 0. The Bertz CT molecular complexity index is 2930. The summed E-state index contributed by atoms with van der Waals surface area (Å²) < 4.78 is 19.0. The van der Waals surface area contributed by atoms with Crippen LogP contribution in [0.4, 0.5) is 0 Å². The van der Waals surface area contributed by atoms with Crippen LogP contribution in [0.2, 0.25) is 0 Å². The molecule has 0 aliphatic carbocycles. The van der Waals surface area contributed by atoms with Gasteiger partial charge in [0.2, 0.25) is 0 Å². The van der Waals surface area contributed by atoms with Gasteiger partial charge in [0.15, 0.2) is 11.2 Å². The molecule has 0 radical (unpaired) electrons. The van der Waals surface area contributed by atoms with Crippen LogP contribution in [0.25, 0.3) is 111 Å². The molecule has 0 N–H and O–H groups in total. The van der Waals surface area contributed by atoms with Crippen molar-refractivity contribution in [2.45, 2.75) is 0 Å². The van der Waals surface area contributed by atoms with E-state index in [1.54, 1.807) is 24.8 Å². The molecular formula is C44H24N4O3. The molecule has 238 valence electrons. The predicted molar refractivity (Wildman–Crippen MR) is 201 cm³/mol. The Hall–Kier alpha value is -7.12. The molecule has 0 aliphatic rings. The fraction of sp³-hybridized carbons (Fsp3) is 0. The summed E-state index contributed by atoms with van der Waals surface area (Å²) in [5, 5.41) is 4.06. The first-order chi connectivity index (χ1) is 25.2. The van der Waals surface area contributed by atoms with Gasteiger partial charge in [-0.3, -0.25) is 19.9 Å². The number of hydrogen-bond acceptors (Lipinski definition) is 7. The molecule has 0 spiro atoms. The number of rotatable bonds is 4. The Morgan fingerprint density at radius 1 is 0.314 bits per heavy atom. The van der Waals surface area contributed by atoms with Crippen LogP contribution >= 0.6 is 0 Å². The number of fused-ring (bicyclic) bond motifs is 9. The fourth-order valence-electron chi connectivity index (χ4n) is 7.33. The largest absolute Gasteiger partial charge is 0.456 e. The van der Waals surface area contributed by atoms with E-state index in [1.165, 1.54) is 0 Å². The minimum atomic E-state index is 0.770. The summed E-state index contributed by atoms with van der Waals surface area (Å²) in [4.78, 5) is 17.8. The standard InChI is InChI=1S/C44H24N4O3/c1-5-37-33(21-27(1)29-3-7-39-35(23-29)41-43(50-39)31(13-19-47-41)25-9-15-45-16-10-25)34-22-28(2-6-38(34)49-37)30-4-8-40-36(24-30)42-44(51-40)32(14-20-48-42)26-11-17-46-18-12-26/h1-24H. The van der Waals surface area contributed by atoms with Gasteiger partial charge in [-0.25, -0.2) is 0 Å². The van der Waals surface area contributed by atoms with Gasteiger partial charge in [-0.2, -0.15) is 0 Å². The van der Waals surface area contributed by atoms with Gasteiger partial charge < -0.3 is 13.3 Å². The molecule has 51 heavy (non-hydrogen) atoms. The lowest BCUT2D eigenvalue weighted by Gasteiger charge is -2.04. The monoisotopic (exact) mass is 656 g/mol. The summed E-state index contributed by atoms with van der Waals surface area (Å²) in [5.41, 5.74) is 14.9. The van der Waals surface area contributed by atoms with Crippen molar-refractivity contribution in [3.05, 3.63) is 146 Å². The minimum Gasteiger partial charge on any atom is -0.456 e. The number of benzene rings is 4. The van der Waals surface area contributed by atoms with E-state index in [9.17, 15) is 0 Å². The molecular weight excluding hydrogens is 633 g/mol. The smallest absolute Gasteiger partial charge is 0.161 e. The third-order valence-corrected chi connectivity index (χ3v) is 9.82. The lowest BCUT2D eigenvalue weighted by atomic mass is 9.99. The van der Waals surface area contributed by atoms with Crippen molar-refractivity contribution >= 4 is 66.1 Å². The summed E-state index contributed by atoms with van der Waals surface area (Å²) in [6.45, 7) is 0. The second-order valence-corrected chi connectivity index (χ2v) is 12.7. The van der Waals surface area contributed by atoms with E-state index in [4.69, 9.17) is 23.2 Å². The van der Waals surface area contributed by atoms with Gasteiger partial charge in [-0.05, 0) is 118 Å². The maximum atomic E-state index is 6.36. The summed E-state index contributed by atoms with van der Waals surface area (Å²) in [6.07, 6.45) is 10.8. The van der Waals surface area contributed by atoms with Gasteiger partial charge in [0.05, 0.1) is 0 Å². The van der Waals surface area contributed by atoms with Crippen molar-refractivity contribution in [1.29, 1.82) is 0 Å². The van der Waals surface area contributed by atoms with Gasteiger partial charge in [-0.1, -0.05) is 24.3 Å². The van der Waals surface area contributed by atoms with Gasteiger partial charge in [0, 0.05) is 69.9 Å². The summed E-state index contributed by atoms with van der Waals surface area (Å²) in [7, 11) is 0. The highest BCUT2D eigenvalue weighted by atomic mass is 16.3. The van der Waals surface area contributed by atoms with E-state index < -0.39 is 0 Å². The van der Waals surface area contributed by atoms with E-state index >= 15 is 0 Å². The zero-order chi connectivity index (χ0) is 33.5. The highest BCUT2D eigenvalue weighted by Crippen LogP contribution is 2.40. The van der Waals surface area contributed by atoms with Crippen molar-refractivity contribution in [2.75, 3.05) is 0 Å². The average molecular weight is 657 g/mol. The van der Waals surface area contributed by atoms with Crippen molar-refractivity contribution < 1.29 is 13.3 Å². The molecule has 0 atom stereocenters. The SMILES string of the molecule is c1cc(-c2ccnc3c2oc2ccc(-c4ccc5oc6ccc(-c7ccc8oc9c(-c%10ccncc%10)ccnc9c8c7)cc6c5c4)cc23)ccn1. The molecule has 0 saturated carbocycles. The van der Waals surface area contributed by atoms with Crippen molar-refractivity contribution in [1.82, 2.24) is 19.9 Å². The first-order valence-electron chi connectivity index (χ1n) is 16.7. The number of hydrogen-bond donors (Lipinski definition) is 0. The van der Waals surface area contributed by atoms with Crippen LogP contribution in [0.15, 0.2) is 160 Å². The lowest BCUT2D eigenvalue weighted by molar-refractivity contribution is 0.668. The molecule has 7 aromatic heterocycles. The van der Waals surface area contributed by atoms with Gasteiger partial charge in [-0.15, -0.1) is 0 Å². The fourth-order valence-corrected chi connectivity index (χ4v) is 7.33. The second kappa shape index (κ2) is 10.7. The Labute approximate surface area is 289 Å².